The van der Waals surface area contributed by atoms with Crippen molar-refractivity contribution in [2.24, 2.45) is 0 Å². The van der Waals surface area contributed by atoms with Crippen molar-refractivity contribution in [3.05, 3.63) is 26.8 Å². The molecule has 4 heteroatoms. The van der Waals surface area contributed by atoms with E-state index in [1.807, 2.05) is 20.8 Å². The summed E-state index contributed by atoms with van der Waals surface area (Å²) in [4.78, 5) is 17.9. The number of nitrogens with one attached hydrogen (secondary N) is 1. The zero-order chi connectivity index (χ0) is 9.35. The van der Waals surface area contributed by atoms with Gasteiger partial charge in [-0.1, -0.05) is 20.8 Å². The largest absolute Gasteiger partial charge is 0.310 e. The van der Waals surface area contributed by atoms with E-state index in [9.17, 15) is 4.79 Å². The Morgan fingerprint density at radius 2 is 2.08 bits per heavy atom. The fraction of sp³-hybridized carbons (Fsp3) is 0.500. The molecule has 1 rings (SSSR count). The van der Waals surface area contributed by atoms with Crippen LogP contribution in [0.25, 0.3) is 0 Å². The fourth-order valence-electron chi connectivity index (χ4n) is 0.783. The molecule has 12 heavy (non-hydrogen) atoms. The van der Waals surface area contributed by atoms with Crippen molar-refractivity contribution in [3.8, 4) is 0 Å². The maximum absolute atomic E-state index is 11.0. The molecule has 0 fully saturated rings. The van der Waals surface area contributed by atoms with Crippen LogP contribution in [0.5, 0.6) is 0 Å². The summed E-state index contributed by atoms with van der Waals surface area (Å²) in [5, 5.41) is 0. The van der Waals surface area contributed by atoms with E-state index in [1.165, 1.54) is 6.07 Å². The number of hydrogen-bond donors (Lipinski definition) is 1. The lowest BCUT2D eigenvalue weighted by atomic mass is 9.96. The lowest BCUT2D eigenvalue weighted by molar-refractivity contribution is 0.541. The number of aromatic amines is 1. The van der Waals surface area contributed by atoms with Crippen molar-refractivity contribution in [2.45, 2.75) is 26.2 Å². The summed E-state index contributed by atoms with van der Waals surface area (Å²) < 4.78 is 0.580. The summed E-state index contributed by atoms with van der Waals surface area (Å²) in [5.41, 5.74) is -0.245. The van der Waals surface area contributed by atoms with Crippen molar-refractivity contribution in [1.29, 1.82) is 0 Å². The van der Waals surface area contributed by atoms with Gasteiger partial charge in [-0.3, -0.25) is 4.79 Å². The summed E-state index contributed by atoms with van der Waals surface area (Å²) in [6, 6.07) is 1.41. The van der Waals surface area contributed by atoms with Gasteiger partial charge in [-0.15, -0.1) is 0 Å². The van der Waals surface area contributed by atoms with E-state index in [-0.39, 0.29) is 11.0 Å². The van der Waals surface area contributed by atoms with E-state index in [2.05, 4.69) is 25.9 Å². The minimum absolute atomic E-state index is 0.122. The second-order valence-corrected chi connectivity index (χ2v) is 4.48. The minimum atomic E-state index is -0.123. The van der Waals surface area contributed by atoms with Gasteiger partial charge < -0.3 is 4.98 Å². The SMILES string of the molecule is CC(C)(C)c1nc(Br)cc(=O)[nH]1. The molecule has 1 aromatic heterocycles. The first kappa shape index (κ1) is 9.45. The van der Waals surface area contributed by atoms with Crippen LogP contribution >= 0.6 is 15.9 Å². The summed E-state index contributed by atoms with van der Waals surface area (Å²) in [7, 11) is 0. The number of H-pyrrole nitrogens is 1. The monoisotopic (exact) mass is 230 g/mol. The Morgan fingerprint density at radius 3 is 2.50 bits per heavy atom. The molecule has 0 bridgehead atoms. The summed E-state index contributed by atoms with van der Waals surface area (Å²) >= 11 is 3.17. The Balaban J connectivity index is 3.27. The molecule has 1 N–H and O–H groups in total. The molecule has 0 aliphatic heterocycles. The van der Waals surface area contributed by atoms with E-state index < -0.39 is 0 Å². The first-order valence-electron chi connectivity index (χ1n) is 3.67. The molecular weight excluding hydrogens is 220 g/mol. The van der Waals surface area contributed by atoms with Gasteiger partial charge in [0.2, 0.25) is 0 Å². The molecule has 0 atom stereocenters. The normalized spacial score (nSPS) is 11.7. The van der Waals surface area contributed by atoms with Crippen LogP contribution in [0, 0.1) is 0 Å². The average Bonchev–Trinajstić information content (AvgIpc) is 1.82. The van der Waals surface area contributed by atoms with E-state index >= 15 is 0 Å². The Morgan fingerprint density at radius 1 is 1.50 bits per heavy atom. The highest BCUT2D eigenvalue weighted by atomic mass is 79.9. The quantitative estimate of drug-likeness (QED) is 0.692. The first-order valence-corrected chi connectivity index (χ1v) is 4.46. The van der Waals surface area contributed by atoms with Crippen LogP contribution in [-0.4, -0.2) is 9.97 Å². The predicted octanol–water partition coefficient (Wildman–Crippen LogP) is 1.83. The summed E-state index contributed by atoms with van der Waals surface area (Å²) in [5.74, 6) is 0.696. The third-order valence-corrected chi connectivity index (χ3v) is 1.83. The van der Waals surface area contributed by atoms with Gasteiger partial charge in [-0.2, -0.15) is 0 Å². The zero-order valence-corrected chi connectivity index (χ0v) is 8.90. The van der Waals surface area contributed by atoms with E-state index in [0.717, 1.165) is 0 Å². The minimum Gasteiger partial charge on any atom is -0.310 e. The Kier molecular flexibility index (Phi) is 2.37. The summed E-state index contributed by atoms with van der Waals surface area (Å²) in [6.45, 7) is 5.99. The lowest BCUT2D eigenvalue weighted by Crippen LogP contribution is -2.21. The number of halogens is 1. The molecule has 0 saturated carbocycles. The number of hydrogen-bond acceptors (Lipinski definition) is 2. The highest BCUT2D eigenvalue weighted by Gasteiger charge is 2.16. The molecule has 66 valence electrons. The molecule has 0 radical (unpaired) electrons. The van der Waals surface area contributed by atoms with Crippen LogP contribution in [0.3, 0.4) is 0 Å². The van der Waals surface area contributed by atoms with E-state index in [0.29, 0.717) is 10.4 Å². The predicted molar refractivity (Wildman–Crippen MR) is 51.3 cm³/mol. The van der Waals surface area contributed by atoms with Gasteiger partial charge in [0, 0.05) is 11.5 Å². The van der Waals surface area contributed by atoms with Crippen molar-refractivity contribution in [2.75, 3.05) is 0 Å². The van der Waals surface area contributed by atoms with Crippen molar-refractivity contribution < 1.29 is 0 Å². The van der Waals surface area contributed by atoms with Crippen LogP contribution in [0.2, 0.25) is 0 Å². The zero-order valence-electron chi connectivity index (χ0n) is 7.31. The van der Waals surface area contributed by atoms with E-state index in [1.54, 1.807) is 0 Å². The van der Waals surface area contributed by atoms with Crippen LogP contribution in [0.1, 0.15) is 26.6 Å². The van der Waals surface area contributed by atoms with Gasteiger partial charge in [0.15, 0.2) is 0 Å². The Labute approximate surface area is 79.4 Å². The van der Waals surface area contributed by atoms with Gasteiger partial charge >= 0.3 is 0 Å². The van der Waals surface area contributed by atoms with Gasteiger partial charge in [-0.05, 0) is 15.9 Å². The van der Waals surface area contributed by atoms with Gasteiger partial charge in [0.05, 0.1) is 0 Å². The average molecular weight is 231 g/mol. The highest BCUT2D eigenvalue weighted by molar-refractivity contribution is 9.10. The molecule has 1 heterocycles. The van der Waals surface area contributed by atoms with Gasteiger partial charge in [-0.25, -0.2) is 4.98 Å². The lowest BCUT2D eigenvalue weighted by Gasteiger charge is -2.16. The smallest absolute Gasteiger partial charge is 0.252 e. The van der Waals surface area contributed by atoms with Crippen molar-refractivity contribution >= 4 is 15.9 Å². The standard InChI is InChI=1S/C8H11BrN2O/c1-8(2,3)7-10-5(9)4-6(12)11-7/h4H,1-3H3,(H,10,11,12). The molecule has 0 amide bonds. The maximum atomic E-state index is 11.0. The third-order valence-electron chi connectivity index (χ3n) is 1.42. The molecular formula is C8H11BrN2O. The molecule has 0 aromatic carbocycles. The number of aromatic nitrogens is 2. The topological polar surface area (TPSA) is 45.8 Å². The van der Waals surface area contributed by atoms with Gasteiger partial charge in [0.1, 0.15) is 10.4 Å². The van der Waals surface area contributed by atoms with Crippen LogP contribution in [0.4, 0.5) is 0 Å². The Hall–Kier alpha value is -0.640. The number of nitrogens with zero attached hydrogens (tertiary/aromatic N) is 1. The highest BCUT2D eigenvalue weighted by Crippen LogP contribution is 2.17. The fourth-order valence-corrected chi connectivity index (χ4v) is 1.17. The Bertz CT molecular complexity index is 338. The summed E-state index contributed by atoms with van der Waals surface area (Å²) in [6.07, 6.45) is 0. The second kappa shape index (κ2) is 3.01. The number of rotatable bonds is 0. The first-order chi connectivity index (χ1) is 5.39. The third kappa shape index (κ3) is 2.17. The maximum Gasteiger partial charge on any atom is 0.252 e. The molecule has 1 aromatic rings. The molecule has 0 saturated heterocycles. The molecule has 3 nitrogen and oxygen atoms in total. The van der Waals surface area contributed by atoms with Crippen LogP contribution in [0.15, 0.2) is 15.5 Å². The molecule has 0 spiro atoms. The molecule has 0 aliphatic rings. The second-order valence-electron chi connectivity index (χ2n) is 3.67. The van der Waals surface area contributed by atoms with E-state index in [4.69, 9.17) is 0 Å². The van der Waals surface area contributed by atoms with Crippen molar-refractivity contribution in [1.82, 2.24) is 9.97 Å². The van der Waals surface area contributed by atoms with Crippen LogP contribution < -0.4 is 5.56 Å². The van der Waals surface area contributed by atoms with Crippen molar-refractivity contribution in [3.63, 3.8) is 0 Å². The molecule has 0 unspecified atom stereocenters. The molecule has 0 aliphatic carbocycles. The van der Waals surface area contributed by atoms with Gasteiger partial charge in [0.25, 0.3) is 5.56 Å². The van der Waals surface area contributed by atoms with Crippen LogP contribution in [-0.2, 0) is 5.41 Å².